The molecule has 0 N–H and O–H groups in total. The summed E-state index contributed by atoms with van der Waals surface area (Å²) < 4.78 is 25.2. The summed E-state index contributed by atoms with van der Waals surface area (Å²) in [5.74, 6) is -0.993. The van der Waals surface area contributed by atoms with Gasteiger partial charge < -0.3 is 14.3 Å². The van der Waals surface area contributed by atoms with Crippen LogP contribution in [0.25, 0.3) is 0 Å². The first-order valence-electron chi connectivity index (χ1n) is 7.36. The van der Waals surface area contributed by atoms with E-state index in [1.807, 2.05) is 0 Å². The molecule has 0 amide bonds. The standard InChI is InChI=1S/C17H23FO3.Y/c1-13(19)5-4-10-17(14-6-8-15(18)9-7-14)20-11-16(2,3)12-21-17;/h6-9H,4-5,10-12H2,1-3H3;. The Bertz CT molecular complexity index is 489. The van der Waals surface area contributed by atoms with E-state index in [9.17, 15) is 9.18 Å². The van der Waals surface area contributed by atoms with Crippen LogP contribution in [0.5, 0.6) is 0 Å². The van der Waals surface area contributed by atoms with Crippen LogP contribution in [0, 0.1) is 11.2 Å². The van der Waals surface area contributed by atoms with Crippen molar-refractivity contribution in [2.45, 2.75) is 45.8 Å². The minimum absolute atomic E-state index is 0. The minimum Gasteiger partial charge on any atom is -0.345 e. The normalized spacial score (nSPS) is 19.3. The molecule has 119 valence electrons. The maximum Gasteiger partial charge on any atom is 0.194 e. The van der Waals surface area contributed by atoms with E-state index in [0.29, 0.717) is 32.5 Å². The second-order valence-corrected chi connectivity index (χ2v) is 6.56. The number of Topliss-reactive ketones (excluding diaryl/α,β-unsaturated/α-hetero) is 1. The van der Waals surface area contributed by atoms with Crippen molar-refractivity contribution in [3.63, 3.8) is 0 Å². The van der Waals surface area contributed by atoms with Gasteiger partial charge in [0, 0.05) is 56.5 Å². The van der Waals surface area contributed by atoms with Crippen LogP contribution < -0.4 is 0 Å². The Hall–Kier alpha value is -0.156. The maximum absolute atomic E-state index is 13.1. The third kappa shape index (κ3) is 5.19. The molecular formula is C17H23FO3Y. The second kappa shape index (κ2) is 8.09. The third-order valence-corrected chi connectivity index (χ3v) is 3.71. The van der Waals surface area contributed by atoms with E-state index in [1.54, 1.807) is 19.1 Å². The molecule has 1 aromatic carbocycles. The first-order valence-corrected chi connectivity index (χ1v) is 7.36. The first kappa shape index (κ1) is 19.9. The largest absolute Gasteiger partial charge is 0.345 e. The van der Waals surface area contributed by atoms with Gasteiger partial charge in [-0.1, -0.05) is 26.0 Å². The Morgan fingerprint density at radius 2 is 1.73 bits per heavy atom. The molecule has 0 saturated carbocycles. The van der Waals surface area contributed by atoms with Crippen molar-refractivity contribution >= 4 is 5.78 Å². The van der Waals surface area contributed by atoms with Crippen LogP contribution in [0.3, 0.4) is 0 Å². The van der Waals surface area contributed by atoms with Crippen molar-refractivity contribution in [3.8, 4) is 0 Å². The van der Waals surface area contributed by atoms with Crippen LogP contribution in [0.1, 0.15) is 45.6 Å². The number of halogens is 1. The van der Waals surface area contributed by atoms with E-state index < -0.39 is 5.79 Å². The summed E-state index contributed by atoms with van der Waals surface area (Å²) in [4.78, 5) is 11.1. The predicted octanol–water partition coefficient (Wildman–Crippen LogP) is 3.81. The van der Waals surface area contributed by atoms with Crippen molar-refractivity contribution in [2.75, 3.05) is 13.2 Å². The van der Waals surface area contributed by atoms with Crippen LogP contribution >= 0.6 is 0 Å². The molecule has 0 unspecified atom stereocenters. The number of carbonyl (C=O) groups excluding carboxylic acids is 1. The van der Waals surface area contributed by atoms with Gasteiger partial charge in [0.05, 0.1) is 13.2 Å². The quantitative estimate of drug-likeness (QED) is 0.776. The van der Waals surface area contributed by atoms with Crippen molar-refractivity contribution in [2.24, 2.45) is 5.41 Å². The Labute approximate surface area is 156 Å². The predicted molar refractivity (Wildman–Crippen MR) is 78.3 cm³/mol. The molecule has 3 nitrogen and oxygen atoms in total. The monoisotopic (exact) mass is 383 g/mol. The summed E-state index contributed by atoms with van der Waals surface area (Å²) in [5, 5.41) is 0. The molecule has 1 aliphatic heterocycles. The van der Waals surface area contributed by atoms with Gasteiger partial charge in [-0.15, -0.1) is 0 Å². The molecule has 1 fully saturated rings. The fraction of sp³-hybridized carbons (Fsp3) is 0.588. The number of ketones is 1. The van der Waals surface area contributed by atoms with Gasteiger partial charge in [0.15, 0.2) is 5.79 Å². The number of benzene rings is 1. The summed E-state index contributed by atoms with van der Waals surface area (Å²) in [5.41, 5.74) is 0.771. The van der Waals surface area contributed by atoms with E-state index in [2.05, 4.69) is 13.8 Å². The first-order chi connectivity index (χ1) is 9.83. The van der Waals surface area contributed by atoms with Crippen molar-refractivity contribution < 1.29 is 51.4 Å². The molecule has 0 spiro atoms. The fourth-order valence-electron chi connectivity index (χ4n) is 2.44. The number of hydrogen-bond acceptors (Lipinski definition) is 3. The molecule has 0 aromatic heterocycles. The molecule has 1 saturated heterocycles. The van der Waals surface area contributed by atoms with E-state index in [4.69, 9.17) is 9.47 Å². The average molecular weight is 383 g/mol. The zero-order valence-corrected chi connectivity index (χ0v) is 16.4. The van der Waals surface area contributed by atoms with Gasteiger partial charge in [0.2, 0.25) is 0 Å². The molecule has 1 aliphatic rings. The summed E-state index contributed by atoms with van der Waals surface area (Å²) in [6.07, 6.45) is 1.78. The van der Waals surface area contributed by atoms with E-state index in [1.165, 1.54) is 12.1 Å². The number of rotatable bonds is 5. The van der Waals surface area contributed by atoms with Gasteiger partial charge in [-0.2, -0.15) is 0 Å². The Morgan fingerprint density at radius 1 is 1.18 bits per heavy atom. The SMILES string of the molecule is CC(=O)CCCC1(c2ccc(F)cc2)OCC(C)(C)CO1.[Y]. The maximum atomic E-state index is 13.1. The van der Waals surface area contributed by atoms with Gasteiger partial charge >= 0.3 is 0 Å². The van der Waals surface area contributed by atoms with Gasteiger partial charge in [-0.05, 0) is 25.5 Å². The van der Waals surface area contributed by atoms with Crippen molar-refractivity contribution in [1.29, 1.82) is 0 Å². The molecule has 0 aliphatic carbocycles. The smallest absolute Gasteiger partial charge is 0.194 e. The minimum atomic E-state index is -0.862. The molecule has 0 atom stereocenters. The van der Waals surface area contributed by atoms with Crippen LogP contribution in [-0.2, 0) is 52.8 Å². The van der Waals surface area contributed by atoms with Crippen LogP contribution in [0.4, 0.5) is 4.39 Å². The van der Waals surface area contributed by atoms with Gasteiger partial charge in [0.25, 0.3) is 0 Å². The van der Waals surface area contributed by atoms with E-state index in [0.717, 1.165) is 5.56 Å². The number of carbonyl (C=O) groups is 1. The van der Waals surface area contributed by atoms with E-state index >= 15 is 0 Å². The van der Waals surface area contributed by atoms with Gasteiger partial charge in [-0.25, -0.2) is 4.39 Å². The molecule has 1 heterocycles. The Kier molecular flexibility index (Phi) is 7.32. The summed E-state index contributed by atoms with van der Waals surface area (Å²) in [6, 6.07) is 6.21. The molecule has 5 heteroatoms. The zero-order valence-electron chi connectivity index (χ0n) is 13.5. The van der Waals surface area contributed by atoms with Crippen LogP contribution in [-0.4, -0.2) is 19.0 Å². The molecule has 2 rings (SSSR count). The van der Waals surface area contributed by atoms with Crippen molar-refractivity contribution in [1.82, 2.24) is 0 Å². The molecule has 1 radical (unpaired) electrons. The third-order valence-electron chi connectivity index (χ3n) is 3.71. The Morgan fingerprint density at radius 3 is 2.23 bits per heavy atom. The zero-order chi connectivity index (χ0) is 15.5. The molecule has 1 aromatic rings. The number of ether oxygens (including phenoxy) is 2. The molecule has 22 heavy (non-hydrogen) atoms. The fourth-order valence-corrected chi connectivity index (χ4v) is 2.44. The Balaban J connectivity index is 0.00000242. The van der Waals surface area contributed by atoms with Crippen LogP contribution in [0.15, 0.2) is 24.3 Å². The van der Waals surface area contributed by atoms with Crippen molar-refractivity contribution in [3.05, 3.63) is 35.6 Å². The van der Waals surface area contributed by atoms with Crippen LogP contribution in [0.2, 0.25) is 0 Å². The summed E-state index contributed by atoms with van der Waals surface area (Å²) >= 11 is 0. The molecule has 0 bridgehead atoms. The molecular weight excluding hydrogens is 360 g/mol. The summed E-state index contributed by atoms with van der Waals surface area (Å²) in [6.45, 7) is 6.89. The average Bonchev–Trinajstić information content (AvgIpc) is 2.42. The second-order valence-electron chi connectivity index (χ2n) is 6.56. The van der Waals surface area contributed by atoms with Gasteiger partial charge in [0.1, 0.15) is 11.6 Å². The topological polar surface area (TPSA) is 35.5 Å². The van der Waals surface area contributed by atoms with E-state index in [-0.39, 0.29) is 49.7 Å². The van der Waals surface area contributed by atoms with Gasteiger partial charge in [-0.3, -0.25) is 0 Å². The summed E-state index contributed by atoms with van der Waals surface area (Å²) in [7, 11) is 0. The number of hydrogen-bond donors (Lipinski definition) is 0.